The van der Waals surface area contributed by atoms with E-state index in [0.29, 0.717) is 46.4 Å². The third-order valence-corrected chi connectivity index (χ3v) is 11.6. The van der Waals surface area contributed by atoms with Crippen molar-refractivity contribution in [2.75, 3.05) is 33.3 Å². The number of aliphatic hydroxyl groups is 1. The van der Waals surface area contributed by atoms with Crippen LogP contribution in [0.3, 0.4) is 0 Å². The molecule has 1 fully saturated rings. The van der Waals surface area contributed by atoms with E-state index in [1.54, 1.807) is 24.3 Å². The van der Waals surface area contributed by atoms with Gasteiger partial charge in [0.2, 0.25) is 11.2 Å². The van der Waals surface area contributed by atoms with Crippen molar-refractivity contribution in [1.29, 1.82) is 0 Å². The second kappa shape index (κ2) is 16.8. The number of hydrogen-bond donors (Lipinski definition) is 4. The third-order valence-electron chi connectivity index (χ3n) is 9.65. The zero-order valence-corrected chi connectivity index (χ0v) is 30.1. The minimum Gasteiger partial charge on any atom is -0.506 e. The number of rotatable bonds is 16. The van der Waals surface area contributed by atoms with Gasteiger partial charge in [-0.2, -0.15) is 0 Å². The summed E-state index contributed by atoms with van der Waals surface area (Å²) in [6.07, 6.45) is 4.72. The second-order valence-electron chi connectivity index (χ2n) is 13.0. The summed E-state index contributed by atoms with van der Waals surface area (Å²) < 4.78 is 12.0. The number of carbonyl (C=O) groups excluding carboxylic acids is 2. The molecule has 1 aliphatic rings. The number of nitrogens with zero attached hydrogens (tertiary/aromatic N) is 1. The standard InChI is InChI=1S/C39H43N3O7S2/c1-42(28-8-12-30(13-9-28)49-38(46)39(47,34-4-2-22-50-34)35-5-3-23-51-35)20-21-48-29-10-6-26(7-11-29)18-19-40-24-27(25-43)31-14-16-33(44)37-32(31)15-17-36(45)41-37/h2-7,10-11,14-17,22-23,25,27-28,30,40,44,47H,8-9,12-13,18-21,24H2,1H3,(H,41,45)/t27-,28?,30?/m1/s1. The highest BCUT2D eigenvalue weighted by Gasteiger charge is 2.45. The molecule has 0 bridgehead atoms. The molecule has 0 spiro atoms. The molecule has 0 amide bonds. The Bertz CT molecular complexity index is 1900. The predicted octanol–water partition coefficient (Wildman–Crippen LogP) is 5.57. The normalized spacial score (nSPS) is 17.0. The Labute approximate surface area is 304 Å². The fraction of sp³-hybridized carbons (Fsp3) is 0.359. The van der Waals surface area contributed by atoms with Crippen molar-refractivity contribution < 1.29 is 29.3 Å². The summed E-state index contributed by atoms with van der Waals surface area (Å²) in [5.41, 5.74) is 0.130. The van der Waals surface area contributed by atoms with E-state index in [1.165, 1.54) is 34.8 Å². The number of aromatic hydroxyl groups is 1. The number of hydrogen-bond acceptors (Lipinski definition) is 11. The fourth-order valence-electron chi connectivity index (χ4n) is 6.68. The number of likely N-dealkylation sites (N-methyl/N-ethyl adjacent to an activating group) is 1. The van der Waals surface area contributed by atoms with Gasteiger partial charge in [-0.05, 0) is 104 Å². The fourth-order valence-corrected chi connectivity index (χ4v) is 8.39. The van der Waals surface area contributed by atoms with Gasteiger partial charge in [-0.3, -0.25) is 4.79 Å². The summed E-state index contributed by atoms with van der Waals surface area (Å²) >= 11 is 2.69. The molecule has 6 rings (SSSR count). The number of H-pyrrole nitrogens is 1. The quantitative estimate of drug-likeness (QED) is 0.0583. The number of phenols is 1. The van der Waals surface area contributed by atoms with Crippen LogP contribution in [0.5, 0.6) is 11.5 Å². The van der Waals surface area contributed by atoms with Crippen LogP contribution in [-0.2, 0) is 26.3 Å². The summed E-state index contributed by atoms with van der Waals surface area (Å²) in [7, 11) is 2.10. The SMILES string of the molecule is CN(CCOc1ccc(CCNC[C@H](C=O)c2ccc(O)c3[nH]c(=O)ccc23)cc1)C1CCC(OC(=O)C(O)(c2cccs2)c2cccs2)CC1. The van der Waals surface area contributed by atoms with Crippen molar-refractivity contribution in [3.63, 3.8) is 0 Å². The lowest BCUT2D eigenvalue weighted by Crippen LogP contribution is -2.42. The maximum absolute atomic E-state index is 13.3. The number of nitrogens with one attached hydrogen (secondary N) is 2. The van der Waals surface area contributed by atoms with E-state index in [4.69, 9.17) is 9.47 Å². The molecule has 12 heteroatoms. The first kappa shape index (κ1) is 36.5. The molecule has 1 atom stereocenters. The van der Waals surface area contributed by atoms with Crippen molar-refractivity contribution >= 4 is 45.8 Å². The maximum Gasteiger partial charge on any atom is 0.349 e. The van der Waals surface area contributed by atoms with Crippen molar-refractivity contribution in [1.82, 2.24) is 15.2 Å². The Balaban J connectivity index is 0.898. The molecule has 3 aromatic heterocycles. The zero-order chi connectivity index (χ0) is 35.8. The number of aromatic nitrogens is 1. The second-order valence-corrected chi connectivity index (χ2v) is 14.9. The number of benzene rings is 2. The van der Waals surface area contributed by atoms with Crippen LogP contribution in [0.1, 0.15) is 52.5 Å². The number of phenolic OH excluding ortho intramolecular Hbond substituents is 1. The highest BCUT2D eigenvalue weighted by Crippen LogP contribution is 2.38. The van der Waals surface area contributed by atoms with Gasteiger partial charge in [-0.15, -0.1) is 22.7 Å². The maximum atomic E-state index is 13.3. The van der Waals surface area contributed by atoms with Crippen LogP contribution in [0.25, 0.3) is 10.9 Å². The number of carbonyl (C=O) groups is 2. The van der Waals surface area contributed by atoms with Crippen LogP contribution in [0.15, 0.2) is 88.4 Å². The van der Waals surface area contributed by atoms with E-state index in [-0.39, 0.29) is 17.4 Å². The molecule has 0 radical (unpaired) electrons. The van der Waals surface area contributed by atoms with Crippen LogP contribution in [0.4, 0.5) is 0 Å². The molecule has 0 unspecified atom stereocenters. The van der Waals surface area contributed by atoms with E-state index in [9.17, 15) is 24.6 Å². The minimum absolute atomic E-state index is 0.0289. The number of fused-ring (bicyclic) bond motifs is 1. The monoisotopic (exact) mass is 729 g/mol. The van der Waals surface area contributed by atoms with E-state index in [0.717, 1.165) is 61.8 Å². The summed E-state index contributed by atoms with van der Waals surface area (Å²) in [6.45, 7) is 2.42. The topological polar surface area (TPSA) is 141 Å². The molecule has 2 aromatic carbocycles. The summed E-state index contributed by atoms with van der Waals surface area (Å²) in [5, 5.41) is 29.4. The summed E-state index contributed by atoms with van der Waals surface area (Å²) in [4.78, 5) is 43.1. The van der Waals surface area contributed by atoms with E-state index >= 15 is 0 Å². The summed E-state index contributed by atoms with van der Waals surface area (Å²) in [6, 6.07) is 21.8. The molecule has 5 aromatic rings. The number of aromatic amines is 1. The molecular formula is C39H43N3O7S2. The highest BCUT2D eigenvalue weighted by atomic mass is 32.1. The molecular weight excluding hydrogens is 687 g/mol. The lowest BCUT2D eigenvalue weighted by atomic mass is 9.91. The van der Waals surface area contributed by atoms with Gasteiger partial charge in [0.25, 0.3) is 0 Å². The molecule has 51 heavy (non-hydrogen) atoms. The molecule has 10 nitrogen and oxygen atoms in total. The van der Waals surface area contributed by atoms with Gasteiger partial charge in [0.1, 0.15) is 30.5 Å². The first-order chi connectivity index (χ1) is 24.8. The average molecular weight is 730 g/mol. The van der Waals surface area contributed by atoms with Gasteiger partial charge in [0.15, 0.2) is 0 Å². The van der Waals surface area contributed by atoms with Crippen LogP contribution in [0.2, 0.25) is 0 Å². The smallest absolute Gasteiger partial charge is 0.349 e. The summed E-state index contributed by atoms with van der Waals surface area (Å²) in [5.74, 6) is -0.261. The molecule has 0 aliphatic heterocycles. The van der Waals surface area contributed by atoms with Gasteiger partial charge in [0, 0.05) is 30.6 Å². The minimum atomic E-state index is -1.78. The number of aldehydes is 1. The van der Waals surface area contributed by atoms with Crippen LogP contribution < -0.4 is 15.6 Å². The third kappa shape index (κ3) is 8.59. The number of thiophene rings is 2. The van der Waals surface area contributed by atoms with Gasteiger partial charge in [0.05, 0.1) is 21.2 Å². The van der Waals surface area contributed by atoms with Gasteiger partial charge in [-0.1, -0.05) is 30.3 Å². The number of ether oxygens (including phenoxy) is 2. The largest absolute Gasteiger partial charge is 0.506 e. The Kier molecular flexibility index (Phi) is 12.0. The van der Waals surface area contributed by atoms with E-state index < -0.39 is 17.5 Å². The van der Waals surface area contributed by atoms with Crippen LogP contribution >= 0.6 is 22.7 Å². The zero-order valence-electron chi connectivity index (χ0n) is 28.5. The molecule has 1 saturated carbocycles. The number of esters is 1. The Morgan fingerprint density at radius 2 is 1.73 bits per heavy atom. The van der Waals surface area contributed by atoms with Crippen molar-refractivity contribution in [3.8, 4) is 11.5 Å². The Hall–Kier alpha value is -4.33. The highest BCUT2D eigenvalue weighted by molar-refractivity contribution is 7.12. The molecule has 4 N–H and O–H groups in total. The van der Waals surface area contributed by atoms with Gasteiger partial charge in [-0.25, -0.2) is 4.79 Å². The predicted molar refractivity (Wildman–Crippen MR) is 200 cm³/mol. The van der Waals surface area contributed by atoms with Gasteiger partial charge < -0.3 is 39.7 Å². The lowest BCUT2D eigenvalue weighted by molar-refractivity contribution is -0.169. The van der Waals surface area contributed by atoms with Crippen LogP contribution in [0, 0.1) is 0 Å². The van der Waals surface area contributed by atoms with Crippen LogP contribution in [-0.4, -0.2) is 77.8 Å². The van der Waals surface area contributed by atoms with Gasteiger partial charge >= 0.3 is 5.97 Å². The van der Waals surface area contributed by atoms with Crippen molar-refractivity contribution in [2.45, 2.75) is 55.8 Å². The molecule has 3 heterocycles. The van der Waals surface area contributed by atoms with E-state index in [2.05, 4.69) is 22.2 Å². The molecule has 268 valence electrons. The first-order valence-corrected chi connectivity index (χ1v) is 19.0. The lowest BCUT2D eigenvalue weighted by Gasteiger charge is -2.35. The average Bonchev–Trinajstić information content (AvgIpc) is 3.90. The number of pyridine rings is 1. The molecule has 1 aliphatic carbocycles. The Morgan fingerprint density at radius 3 is 2.37 bits per heavy atom. The van der Waals surface area contributed by atoms with Crippen molar-refractivity contribution in [3.05, 3.63) is 115 Å². The Morgan fingerprint density at radius 1 is 1.02 bits per heavy atom. The van der Waals surface area contributed by atoms with E-state index in [1.807, 2.05) is 47.2 Å². The first-order valence-electron chi connectivity index (χ1n) is 17.2. The molecule has 0 saturated heterocycles. The van der Waals surface area contributed by atoms with Crippen molar-refractivity contribution in [2.24, 2.45) is 0 Å².